The molecule has 0 aliphatic carbocycles. The lowest BCUT2D eigenvalue weighted by Gasteiger charge is -2.14. The quantitative estimate of drug-likeness (QED) is 0.755. The Labute approximate surface area is 118 Å². The molecule has 1 aromatic rings. The number of hydrogen-bond acceptors (Lipinski definition) is 3. The summed E-state index contributed by atoms with van der Waals surface area (Å²) in [6.07, 6.45) is -0.525. The summed E-state index contributed by atoms with van der Waals surface area (Å²) in [6.45, 7) is 0. The van der Waals surface area contributed by atoms with Gasteiger partial charge in [-0.2, -0.15) is 0 Å². The van der Waals surface area contributed by atoms with E-state index < -0.39 is 30.2 Å². The third-order valence-corrected chi connectivity index (χ3v) is 2.83. The minimum absolute atomic E-state index is 0.0541. The topological polar surface area (TPSA) is 109 Å². The fourth-order valence-corrected chi connectivity index (χ4v) is 1.92. The van der Waals surface area contributed by atoms with Crippen LogP contribution >= 0.6 is 23.2 Å². The number of primary amides is 1. The third kappa shape index (κ3) is 4.11. The summed E-state index contributed by atoms with van der Waals surface area (Å²) >= 11 is 11.6. The van der Waals surface area contributed by atoms with Crippen molar-refractivity contribution >= 4 is 41.0 Å². The lowest BCUT2D eigenvalue weighted by atomic mass is 10.1. The second-order valence-corrected chi connectivity index (χ2v) is 4.45. The monoisotopic (exact) mass is 304 g/mol. The van der Waals surface area contributed by atoms with Gasteiger partial charge >= 0.3 is 5.97 Å². The summed E-state index contributed by atoms with van der Waals surface area (Å²) in [7, 11) is 0. The number of hydrogen-bond donors (Lipinski definition) is 3. The summed E-state index contributed by atoms with van der Waals surface area (Å²) < 4.78 is 0. The molecule has 0 bridgehead atoms. The first-order valence-electron chi connectivity index (χ1n) is 5.09. The smallest absolute Gasteiger partial charge is 0.326 e. The Morgan fingerprint density at radius 1 is 1.26 bits per heavy atom. The lowest BCUT2D eigenvalue weighted by Crippen LogP contribution is -2.43. The third-order valence-electron chi connectivity index (χ3n) is 2.20. The van der Waals surface area contributed by atoms with Crippen LogP contribution in [0, 0.1) is 0 Å². The molecule has 1 rings (SSSR count). The number of benzene rings is 1. The van der Waals surface area contributed by atoms with Gasteiger partial charge in [0.2, 0.25) is 5.91 Å². The standard InChI is InChI=1S/C11H10Cl2N2O4/c12-5-2-1-3-6(13)9(5)10(17)15-7(11(18)19)4-8(14)16/h1-3,7H,4H2,(H2,14,16)(H,15,17)(H,18,19)/t7-/m0/s1. The molecule has 0 fully saturated rings. The van der Waals surface area contributed by atoms with E-state index in [0.717, 1.165) is 0 Å². The van der Waals surface area contributed by atoms with Gasteiger partial charge in [0.1, 0.15) is 6.04 Å². The maximum atomic E-state index is 11.9. The molecule has 4 N–H and O–H groups in total. The van der Waals surface area contributed by atoms with E-state index in [1.54, 1.807) is 6.07 Å². The molecular weight excluding hydrogens is 295 g/mol. The number of rotatable bonds is 5. The highest BCUT2D eigenvalue weighted by molar-refractivity contribution is 6.39. The minimum Gasteiger partial charge on any atom is -0.480 e. The number of carboxylic acids is 1. The fourth-order valence-electron chi connectivity index (χ4n) is 1.35. The Balaban J connectivity index is 2.94. The molecule has 0 saturated heterocycles. The number of carbonyl (C=O) groups is 3. The van der Waals surface area contributed by atoms with E-state index >= 15 is 0 Å². The molecule has 6 nitrogen and oxygen atoms in total. The largest absolute Gasteiger partial charge is 0.480 e. The highest BCUT2D eigenvalue weighted by Crippen LogP contribution is 2.24. The van der Waals surface area contributed by atoms with E-state index in [4.69, 9.17) is 34.0 Å². The number of nitrogens with one attached hydrogen (secondary N) is 1. The molecule has 1 atom stereocenters. The number of carbonyl (C=O) groups excluding carboxylic acids is 2. The van der Waals surface area contributed by atoms with E-state index in [1.807, 2.05) is 0 Å². The number of halogens is 2. The molecule has 0 saturated carbocycles. The zero-order chi connectivity index (χ0) is 14.6. The first-order chi connectivity index (χ1) is 8.82. The maximum absolute atomic E-state index is 11.9. The van der Waals surface area contributed by atoms with Crippen molar-refractivity contribution < 1.29 is 19.5 Å². The van der Waals surface area contributed by atoms with Gasteiger partial charge in [-0.3, -0.25) is 9.59 Å². The molecule has 0 unspecified atom stereocenters. The van der Waals surface area contributed by atoms with Crippen molar-refractivity contribution in [1.82, 2.24) is 5.32 Å². The second-order valence-electron chi connectivity index (χ2n) is 3.63. The maximum Gasteiger partial charge on any atom is 0.326 e. The Morgan fingerprint density at radius 2 is 1.79 bits per heavy atom. The van der Waals surface area contributed by atoms with Crippen LogP contribution in [0.3, 0.4) is 0 Å². The first kappa shape index (κ1) is 15.3. The molecule has 102 valence electrons. The van der Waals surface area contributed by atoms with Crippen LogP contribution < -0.4 is 11.1 Å². The Bertz CT molecular complexity index is 513. The first-order valence-corrected chi connectivity index (χ1v) is 5.84. The highest BCUT2D eigenvalue weighted by Gasteiger charge is 2.24. The summed E-state index contributed by atoms with van der Waals surface area (Å²) in [5, 5.41) is 11.2. The van der Waals surface area contributed by atoms with Gasteiger partial charge in [0, 0.05) is 0 Å². The van der Waals surface area contributed by atoms with E-state index in [9.17, 15) is 14.4 Å². The van der Waals surface area contributed by atoms with E-state index in [2.05, 4.69) is 5.32 Å². The van der Waals surface area contributed by atoms with Gasteiger partial charge in [-0.1, -0.05) is 29.3 Å². The number of carboxylic acid groups (broad SMARTS) is 1. The summed E-state index contributed by atoms with van der Waals surface area (Å²) in [5.41, 5.74) is 4.85. The molecule has 0 heterocycles. The molecule has 0 aliphatic rings. The van der Waals surface area contributed by atoms with Crippen molar-refractivity contribution in [3.8, 4) is 0 Å². The van der Waals surface area contributed by atoms with Crippen LogP contribution in [0.5, 0.6) is 0 Å². The van der Waals surface area contributed by atoms with E-state index in [0.29, 0.717) is 0 Å². The van der Waals surface area contributed by atoms with Crippen molar-refractivity contribution in [3.05, 3.63) is 33.8 Å². The van der Waals surface area contributed by atoms with Gasteiger partial charge in [-0.25, -0.2) is 4.79 Å². The molecule has 1 aromatic carbocycles. The van der Waals surface area contributed by atoms with Gasteiger partial charge in [0.15, 0.2) is 0 Å². The SMILES string of the molecule is NC(=O)C[C@H](NC(=O)c1c(Cl)cccc1Cl)C(=O)O. The number of amides is 2. The van der Waals surface area contributed by atoms with Crippen LogP contribution in [-0.2, 0) is 9.59 Å². The number of nitrogens with two attached hydrogens (primary N) is 1. The lowest BCUT2D eigenvalue weighted by molar-refractivity contribution is -0.140. The normalized spacial score (nSPS) is 11.7. The minimum atomic E-state index is -1.43. The van der Waals surface area contributed by atoms with Crippen molar-refractivity contribution in [2.45, 2.75) is 12.5 Å². The Kier molecular flexibility index (Phi) is 5.14. The van der Waals surface area contributed by atoms with Crippen LogP contribution in [0.15, 0.2) is 18.2 Å². The average molecular weight is 305 g/mol. The van der Waals surface area contributed by atoms with E-state index in [1.165, 1.54) is 12.1 Å². The predicted octanol–water partition coefficient (Wildman–Crippen LogP) is 1.05. The molecule has 0 aromatic heterocycles. The van der Waals surface area contributed by atoms with Gasteiger partial charge < -0.3 is 16.2 Å². The summed E-state index contributed by atoms with van der Waals surface area (Å²) in [4.78, 5) is 33.5. The van der Waals surface area contributed by atoms with Crippen LogP contribution in [-0.4, -0.2) is 28.9 Å². The van der Waals surface area contributed by atoms with Crippen LogP contribution in [0.4, 0.5) is 0 Å². The molecule has 0 aliphatic heterocycles. The fraction of sp³-hybridized carbons (Fsp3) is 0.182. The Morgan fingerprint density at radius 3 is 2.21 bits per heavy atom. The van der Waals surface area contributed by atoms with Gasteiger partial charge in [-0.05, 0) is 12.1 Å². The van der Waals surface area contributed by atoms with Crippen molar-refractivity contribution in [2.75, 3.05) is 0 Å². The molecule has 19 heavy (non-hydrogen) atoms. The van der Waals surface area contributed by atoms with Crippen LogP contribution in [0.1, 0.15) is 16.8 Å². The molecular formula is C11H10Cl2N2O4. The zero-order valence-corrected chi connectivity index (χ0v) is 11.0. The number of aliphatic carboxylic acids is 1. The Hall–Kier alpha value is -1.79. The molecule has 0 spiro atoms. The second kappa shape index (κ2) is 6.40. The van der Waals surface area contributed by atoms with Gasteiger partial charge in [0.05, 0.1) is 22.0 Å². The molecule has 2 amide bonds. The molecule has 0 radical (unpaired) electrons. The highest BCUT2D eigenvalue weighted by atomic mass is 35.5. The van der Waals surface area contributed by atoms with Crippen molar-refractivity contribution in [1.29, 1.82) is 0 Å². The van der Waals surface area contributed by atoms with Gasteiger partial charge in [0.25, 0.3) is 5.91 Å². The van der Waals surface area contributed by atoms with Crippen molar-refractivity contribution in [2.24, 2.45) is 5.73 Å². The van der Waals surface area contributed by atoms with Crippen LogP contribution in [0.2, 0.25) is 10.0 Å². The van der Waals surface area contributed by atoms with Gasteiger partial charge in [-0.15, -0.1) is 0 Å². The predicted molar refractivity (Wildman–Crippen MR) is 69.2 cm³/mol. The zero-order valence-electron chi connectivity index (χ0n) is 9.52. The van der Waals surface area contributed by atoms with E-state index in [-0.39, 0.29) is 15.6 Å². The average Bonchev–Trinajstić information content (AvgIpc) is 2.27. The molecule has 8 heteroatoms. The summed E-state index contributed by atoms with van der Waals surface area (Å²) in [6, 6.07) is 2.98. The van der Waals surface area contributed by atoms with Crippen LogP contribution in [0.25, 0.3) is 0 Å². The van der Waals surface area contributed by atoms with Crippen molar-refractivity contribution in [3.63, 3.8) is 0 Å². The summed E-state index contributed by atoms with van der Waals surface area (Å²) in [5.74, 6) is -3.02.